The van der Waals surface area contributed by atoms with Crippen molar-refractivity contribution in [2.75, 3.05) is 5.73 Å². The molecular weight excluding hydrogens is 189 g/mol. The van der Waals surface area contributed by atoms with Crippen LogP contribution < -0.4 is 5.73 Å². The third-order valence-electron chi connectivity index (χ3n) is 4.01. The van der Waals surface area contributed by atoms with E-state index >= 15 is 0 Å². The number of benzene rings is 1. The molecule has 1 aromatic rings. The van der Waals surface area contributed by atoms with Gasteiger partial charge in [-0.05, 0) is 60.3 Å². The van der Waals surface area contributed by atoms with Crippen molar-refractivity contribution in [3.05, 3.63) is 28.1 Å². The Morgan fingerprint density at radius 1 is 1.13 bits per heavy atom. The molecule has 1 aromatic carbocycles. The number of rotatable bonds is 0. The zero-order valence-electron chi connectivity index (χ0n) is 9.07. The molecule has 2 aliphatic rings. The summed E-state index contributed by atoms with van der Waals surface area (Å²) in [5.74, 6) is 0.421. The number of hydrogen-bond donors (Lipinski definition) is 1. The summed E-state index contributed by atoms with van der Waals surface area (Å²) in [6.45, 7) is 2.11. The summed E-state index contributed by atoms with van der Waals surface area (Å²) in [5.41, 5.74) is 11.1. The van der Waals surface area contributed by atoms with Crippen LogP contribution in [0.1, 0.15) is 47.9 Å². The molecule has 0 saturated carbocycles. The van der Waals surface area contributed by atoms with Crippen molar-refractivity contribution in [3.63, 3.8) is 0 Å². The minimum atomic E-state index is 0.0664. The summed E-state index contributed by atoms with van der Waals surface area (Å²) >= 11 is 0. The number of anilines is 1. The lowest BCUT2D eigenvalue weighted by atomic mass is 9.95. The SMILES string of the molecule is CC1CCc2c(N)c3c(c(F)c21)CCC3. The van der Waals surface area contributed by atoms with Crippen LogP contribution in [0.3, 0.4) is 0 Å². The predicted octanol–water partition coefficient (Wildman–Crippen LogP) is 2.95. The molecule has 0 spiro atoms. The van der Waals surface area contributed by atoms with Gasteiger partial charge in [-0.1, -0.05) is 6.92 Å². The van der Waals surface area contributed by atoms with Gasteiger partial charge in [0.25, 0.3) is 0 Å². The number of nitrogen functional groups attached to an aromatic ring is 1. The third kappa shape index (κ3) is 1.08. The Labute approximate surface area is 89.5 Å². The minimum absolute atomic E-state index is 0.0664. The molecule has 80 valence electrons. The largest absolute Gasteiger partial charge is 0.398 e. The first-order chi connectivity index (χ1) is 7.20. The number of fused-ring (bicyclic) bond motifs is 2. The molecule has 0 fully saturated rings. The lowest BCUT2D eigenvalue weighted by molar-refractivity contribution is 0.583. The van der Waals surface area contributed by atoms with Crippen molar-refractivity contribution < 1.29 is 4.39 Å². The Kier molecular flexibility index (Phi) is 1.82. The molecule has 2 heteroatoms. The second-order valence-corrected chi connectivity index (χ2v) is 4.87. The van der Waals surface area contributed by atoms with Crippen molar-refractivity contribution >= 4 is 5.69 Å². The van der Waals surface area contributed by atoms with Gasteiger partial charge in [-0.3, -0.25) is 0 Å². The average Bonchev–Trinajstić information content (AvgIpc) is 2.80. The first-order valence-corrected chi connectivity index (χ1v) is 5.81. The molecule has 15 heavy (non-hydrogen) atoms. The van der Waals surface area contributed by atoms with Gasteiger partial charge in [0.05, 0.1) is 0 Å². The van der Waals surface area contributed by atoms with E-state index in [4.69, 9.17) is 5.73 Å². The fraction of sp³-hybridized carbons (Fsp3) is 0.538. The van der Waals surface area contributed by atoms with Gasteiger partial charge in [0.2, 0.25) is 0 Å². The van der Waals surface area contributed by atoms with E-state index in [0.717, 1.165) is 60.0 Å². The van der Waals surface area contributed by atoms with Crippen LogP contribution in [-0.2, 0) is 19.3 Å². The van der Waals surface area contributed by atoms with Gasteiger partial charge in [0, 0.05) is 5.69 Å². The summed E-state index contributed by atoms with van der Waals surface area (Å²) in [7, 11) is 0. The van der Waals surface area contributed by atoms with Crippen LogP contribution in [-0.4, -0.2) is 0 Å². The summed E-state index contributed by atoms with van der Waals surface area (Å²) < 4.78 is 14.2. The Hall–Kier alpha value is -1.05. The van der Waals surface area contributed by atoms with Gasteiger partial charge in [-0.25, -0.2) is 4.39 Å². The fourth-order valence-corrected chi connectivity index (χ4v) is 3.19. The maximum Gasteiger partial charge on any atom is 0.130 e. The molecule has 0 aliphatic heterocycles. The molecule has 0 bridgehead atoms. The molecule has 1 nitrogen and oxygen atoms in total. The number of nitrogens with two attached hydrogens (primary N) is 1. The Morgan fingerprint density at radius 2 is 1.87 bits per heavy atom. The Morgan fingerprint density at radius 3 is 2.67 bits per heavy atom. The minimum Gasteiger partial charge on any atom is -0.398 e. The van der Waals surface area contributed by atoms with Crippen LogP contribution in [0.5, 0.6) is 0 Å². The van der Waals surface area contributed by atoms with E-state index in [0.29, 0.717) is 5.92 Å². The van der Waals surface area contributed by atoms with Crippen LogP contribution in [0.4, 0.5) is 10.1 Å². The molecular formula is C13H16FN. The lowest BCUT2D eigenvalue weighted by Crippen LogP contribution is -2.05. The zero-order chi connectivity index (χ0) is 10.6. The number of halogens is 1. The van der Waals surface area contributed by atoms with E-state index in [-0.39, 0.29) is 5.82 Å². The van der Waals surface area contributed by atoms with Gasteiger partial charge in [-0.15, -0.1) is 0 Å². The summed E-state index contributed by atoms with van der Waals surface area (Å²) in [6, 6.07) is 0. The normalized spacial score (nSPS) is 22.9. The molecule has 3 rings (SSSR count). The second-order valence-electron chi connectivity index (χ2n) is 4.87. The van der Waals surface area contributed by atoms with Crippen molar-refractivity contribution in [2.24, 2.45) is 0 Å². The summed E-state index contributed by atoms with van der Waals surface area (Å²) in [4.78, 5) is 0. The Bertz CT molecular complexity index is 437. The highest BCUT2D eigenvalue weighted by atomic mass is 19.1. The van der Waals surface area contributed by atoms with Crippen LogP contribution in [0.15, 0.2) is 0 Å². The van der Waals surface area contributed by atoms with Crippen molar-refractivity contribution in [3.8, 4) is 0 Å². The quantitative estimate of drug-likeness (QED) is 0.647. The lowest BCUT2D eigenvalue weighted by Gasteiger charge is -2.14. The van der Waals surface area contributed by atoms with E-state index in [1.807, 2.05) is 0 Å². The molecule has 0 aromatic heterocycles. The highest BCUT2D eigenvalue weighted by Crippen LogP contribution is 2.43. The zero-order valence-corrected chi connectivity index (χ0v) is 9.07. The number of hydrogen-bond acceptors (Lipinski definition) is 1. The third-order valence-corrected chi connectivity index (χ3v) is 4.01. The van der Waals surface area contributed by atoms with E-state index in [9.17, 15) is 4.39 Å². The first kappa shape index (κ1) is 9.20. The highest BCUT2D eigenvalue weighted by Gasteiger charge is 2.31. The summed E-state index contributed by atoms with van der Waals surface area (Å²) in [5, 5.41) is 0. The maximum atomic E-state index is 14.2. The van der Waals surface area contributed by atoms with Crippen molar-refractivity contribution in [1.29, 1.82) is 0 Å². The maximum absolute atomic E-state index is 14.2. The molecule has 2 N–H and O–H groups in total. The molecule has 0 saturated heterocycles. The van der Waals surface area contributed by atoms with Crippen LogP contribution in [0.25, 0.3) is 0 Å². The van der Waals surface area contributed by atoms with E-state index in [1.54, 1.807) is 0 Å². The van der Waals surface area contributed by atoms with E-state index in [1.165, 1.54) is 0 Å². The molecule has 0 amide bonds. The van der Waals surface area contributed by atoms with Gasteiger partial charge in [-0.2, -0.15) is 0 Å². The van der Waals surface area contributed by atoms with Crippen LogP contribution >= 0.6 is 0 Å². The van der Waals surface area contributed by atoms with Crippen molar-refractivity contribution in [2.45, 2.75) is 44.9 Å². The molecule has 1 atom stereocenters. The van der Waals surface area contributed by atoms with Gasteiger partial charge in [0.15, 0.2) is 0 Å². The molecule has 0 radical (unpaired) electrons. The van der Waals surface area contributed by atoms with Gasteiger partial charge < -0.3 is 5.73 Å². The monoisotopic (exact) mass is 205 g/mol. The summed E-state index contributed by atoms with van der Waals surface area (Å²) in [6.07, 6.45) is 4.94. The predicted molar refractivity (Wildman–Crippen MR) is 59.6 cm³/mol. The van der Waals surface area contributed by atoms with Gasteiger partial charge >= 0.3 is 0 Å². The van der Waals surface area contributed by atoms with Gasteiger partial charge in [0.1, 0.15) is 5.82 Å². The molecule has 2 aliphatic carbocycles. The van der Waals surface area contributed by atoms with E-state index < -0.39 is 0 Å². The average molecular weight is 205 g/mol. The van der Waals surface area contributed by atoms with Crippen LogP contribution in [0, 0.1) is 5.82 Å². The molecule has 0 heterocycles. The van der Waals surface area contributed by atoms with Crippen molar-refractivity contribution in [1.82, 2.24) is 0 Å². The fourth-order valence-electron chi connectivity index (χ4n) is 3.19. The Balaban J connectivity index is 2.33. The second kappa shape index (κ2) is 2.97. The first-order valence-electron chi connectivity index (χ1n) is 5.81. The van der Waals surface area contributed by atoms with E-state index in [2.05, 4.69) is 6.92 Å². The molecule has 1 unspecified atom stereocenters. The highest BCUT2D eigenvalue weighted by molar-refractivity contribution is 5.64. The topological polar surface area (TPSA) is 26.0 Å². The standard InChI is InChI=1S/C13H16FN/c1-7-5-6-10-11(7)12(14)8-3-2-4-9(8)13(10)15/h7H,2-6,15H2,1H3. The smallest absolute Gasteiger partial charge is 0.130 e. The van der Waals surface area contributed by atoms with Crippen LogP contribution in [0.2, 0.25) is 0 Å².